The lowest BCUT2D eigenvalue weighted by atomic mass is 10.0. The molecule has 0 radical (unpaired) electrons. The number of carbonyl (C=O) groups is 1. The molecule has 2 aromatic rings. The van der Waals surface area contributed by atoms with E-state index in [-0.39, 0.29) is 18.8 Å². The summed E-state index contributed by atoms with van der Waals surface area (Å²) in [7, 11) is 0. The maximum atomic E-state index is 10.7. The third-order valence-electron chi connectivity index (χ3n) is 3.02. The van der Waals surface area contributed by atoms with Crippen molar-refractivity contribution in [2.45, 2.75) is 12.5 Å². The molecule has 0 fully saturated rings. The van der Waals surface area contributed by atoms with Crippen LogP contribution in [0.25, 0.3) is 0 Å². The Kier molecular flexibility index (Phi) is 7.41. The van der Waals surface area contributed by atoms with Crippen molar-refractivity contribution in [3.63, 3.8) is 0 Å². The van der Waals surface area contributed by atoms with E-state index in [1.54, 1.807) is 30.3 Å². The molecular weight excluding hydrogens is 357 g/mol. The van der Waals surface area contributed by atoms with Gasteiger partial charge in [-0.3, -0.25) is 4.79 Å². The molecule has 2 aromatic carbocycles. The Balaban J connectivity index is 0.00000264. The Morgan fingerprint density at radius 3 is 2.17 bits per heavy atom. The summed E-state index contributed by atoms with van der Waals surface area (Å²) < 4.78 is 0. The van der Waals surface area contributed by atoms with Crippen molar-refractivity contribution in [3.8, 4) is 11.8 Å². The normalized spacial score (nSPS) is 10.9. The lowest BCUT2D eigenvalue weighted by molar-refractivity contribution is -0.138. The average Bonchev–Trinajstić information content (AvgIpc) is 2.48. The van der Waals surface area contributed by atoms with E-state index >= 15 is 0 Å². The molecule has 1 atom stereocenters. The summed E-state index contributed by atoms with van der Waals surface area (Å²) in [6, 6.07) is 11.5. The van der Waals surface area contributed by atoms with Gasteiger partial charge in [0.15, 0.2) is 0 Å². The van der Waals surface area contributed by atoms with Gasteiger partial charge in [0, 0.05) is 5.56 Å². The predicted molar refractivity (Wildman–Crippen MR) is 95.4 cm³/mol. The SMILES string of the molecule is Cl.NC(Cc1ccc(C#Cc2c(Cl)cccc2Cl)cc1)C(=O)O. The van der Waals surface area contributed by atoms with Crippen molar-refractivity contribution in [1.82, 2.24) is 0 Å². The summed E-state index contributed by atoms with van der Waals surface area (Å²) in [4.78, 5) is 10.7. The van der Waals surface area contributed by atoms with Crippen LogP contribution in [-0.4, -0.2) is 17.1 Å². The summed E-state index contributed by atoms with van der Waals surface area (Å²) in [5.41, 5.74) is 7.71. The molecule has 0 saturated heterocycles. The van der Waals surface area contributed by atoms with Gasteiger partial charge in [0.2, 0.25) is 0 Å². The van der Waals surface area contributed by atoms with Crippen LogP contribution >= 0.6 is 35.6 Å². The number of hydrogen-bond donors (Lipinski definition) is 2. The minimum Gasteiger partial charge on any atom is -0.480 e. The summed E-state index contributed by atoms with van der Waals surface area (Å²) in [5.74, 6) is 4.91. The maximum absolute atomic E-state index is 10.7. The maximum Gasteiger partial charge on any atom is 0.320 e. The van der Waals surface area contributed by atoms with Crippen LogP contribution in [0.15, 0.2) is 42.5 Å². The van der Waals surface area contributed by atoms with Gasteiger partial charge < -0.3 is 10.8 Å². The summed E-state index contributed by atoms with van der Waals surface area (Å²) in [5, 5.41) is 9.80. The van der Waals surface area contributed by atoms with Gasteiger partial charge in [-0.1, -0.05) is 53.2 Å². The van der Waals surface area contributed by atoms with E-state index < -0.39 is 12.0 Å². The number of carboxylic acid groups (broad SMARTS) is 1. The van der Waals surface area contributed by atoms with Crippen molar-refractivity contribution in [1.29, 1.82) is 0 Å². The van der Waals surface area contributed by atoms with Crippen LogP contribution < -0.4 is 5.73 Å². The Bertz CT molecular complexity index is 728. The minimum atomic E-state index is -1.02. The highest BCUT2D eigenvalue weighted by molar-refractivity contribution is 6.36. The van der Waals surface area contributed by atoms with Gasteiger partial charge in [0.25, 0.3) is 0 Å². The number of halogens is 3. The second-order valence-corrected chi connectivity index (χ2v) is 5.51. The van der Waals surface area contributed by atoms with Gasteiger partial charge in [-0.05, 0) is 36.2 Å². The van der Waals surface area contributed by atoms with E-state index in [4.69, 9.17) is 34.0 Å². The standard InChI is InChI=1S/C17H13Cl2NO2.ClH/c18-14-2-1-3-15(19)13(14)9-8-11-4-6-12(7-5-11)10-16(20)17(21)22;/h1-7,16H,10,20H2,(H,21,22);1H. The molecule has 0 aliphatic rings. The molecule has 0 spiro atoms. The molecule has 0 aliphatic carbocycles. The van der Waals surface area contributed by atoms with Crippen LogP contribution in [0.2, 0.25) is 10.0 Å². The molecule has 0 amide bonds. The van der Waals surface area contributed by atoms with Crippen LogP contribution in [0.1, 0.15) is 16.7 Å². The molecule has 0 bridgehead atoms. The number of rotatable bonds is 3. The van der Waals surface area contributed by atoms with Crippen LogP contribution in [0.4, 0.5) is 0 Å². The fraction of sp³-hybridized carbons (Fsp3) is 0.118. The molecule has 0 saturated carbocycles. The summed E-state index contributed by atoms with van der Waals surface area (Å²) >= 11 is 12.1. The number of benzene rings is 2. The van der Waals surface area contributed by atoms with Crippen molar-refractivity contribution in [2.24, 2.45) is 5.73 Å². The first kappa shape index (κ1) is 19.3. The first-order valence-corrected chi connectivity index (χ1v) is 7.26. The fourth-order valence-electron chi connectivity index (χ4n) is 1.82. The van der Waals surface area contributed by atoms with Gasteiger partial charge in [-0.2, -0.15) is 0 Å². The second kappa shape index (κ2) is 8.81. The molecule has 3 nitrogen and oxygen atoms in total. The highest BCUT2D eigenvalue weighted by Gasteiger charge is 2.11. The molecule has 3 N–H and O–H groups in total. The minimum absolute atomic E-state index is 0. The molecule has 0 heterocycles. The van der Waals surface area contributed by atoms with Crippen molar-refractivity contribution in [2.75, 3.05) is 0 Å². The van der Waals surface area contributed by atoms with E-state index in [0.29, 0.717) is 15.6 Å². The number of carboxylic acids is 1. The Hall–Kier alpha value is -1.70. The van der Waals surface area contributed by atoms with E-state index in [0.717, 1.165) is 11.1 Å². The topological polar surface area (TPSA) is 63.3 Å². The van der Waals surface area contributed by atoms with Crippen LogP contribution in [-0.2, 0) is 11.2 Å². The lowest BCUT2D eigenvalue weighted by Gasteiger charge is -2.05. The van der Waals surface area contributed by atoms with Crippen molar-refractivity contribution in [3.05, 3.63) is 69.2 Å². The summed E-state index contributed by atoms with van der Waals surface area (Å²) in [6.45, 7) is 0. The zero-order chi connectivity index (χ0) is 16.1. The largest absolute Gasteiger partial charge is 0.480 e. The molecule has 0 aromatic heterocycles. The Morgan fingerprint density at radius 1 is 1.09 bits per heavy atom. The Labute approximate surface area is 150 Å². The quantitative estimate of drug-likeness (QED) is 0.808. The van der Waals surface area contributed by atoms with Gasteiger partial charge >= 0.3 is 5.97 Å². The van der Waals surface area contributed by atoms with Crippen molar-refractivity contribution >= 4 is 41.6 Å². The average molecular weight is 371 g/mol. The predicted octanol–water partition coefficient (Wildman–Crippen LogP) is 3.77. The van der Waals surface area contributed by atoms with Crippen LogP contribution in [0, 0.1) is 11.8 Å². The zero-order valence-corrected chi connectivity index (χ0v) is 14.3. The summed E-state index contributed by atoms with van der Waals surface area (Å²) in [6.07, 6.45) is 0.277. The smallest absolute Gasteiger partial charge is 0.320 e. The highest BCUT2D eigenvalue weighted by Crippen LogP contribution is 2.23. The molecular formula is C17H14Cl3NO2. The fourth-order valence-corrected chi connectivity index (χ4v) is 2.31. The monoisotopic (exact) mass is 369 g/mol. The van der Waals surface area contributed by atoms with E-state index in [1.165, 1.54) is 0 Å². The molecule has 0 aliphatic heterocycles. The first-order valence-electron chi connectivity index (χ1n) is 6.50. The van der Waals surface area contributed by atoms with Gasteiger partial charge in [0.1, 0.15) is 6.04 Å². The van der Waals surface area contributed by atoms with Gasteiger partial charge in [-0.15, -0.1) is 12.4 Å². The van der Waals surface area contributed by atoms with Crippen LogP contribution in [0.5, 0.6) is 0 Å². The van der Waals surface area contributed by atoms with E-state index in [1.807, 2.05) is 12.1 Å². The third kappa shape index (κ3) is 5.46. The number of hydrogen-bond acceptors (Lipinski definition) is 2. The molecule has 23 heavy (non-hydrogen) atoms. The first-order chi connectivity index (χ1) is 10.5. The second-order valence-electron chi connectivity index (χ2n) is 4.69. The van der Waals surface area contributed by atoms with Gasteiger partial charge in [-0.25, -0.2) is 0 Å². The third-order valence-corrected chi connectivity index (χ3v) is 3.65. The van der Waals surface area contributed by atoms with E-state index in [9.17, 15) is 4.79 Å². The highest BCUT2D eigenvalue weighted by atomic mass is 35.5. The molecule has 6 heteroatoms. The van der Waals surface area contributed by atoms with Crippen molar-refractivity contribution < 1.29 is 9.90 Å². The van der Waals surface area contributed by atoms with Crippen LogP contribution in [0.3, 0.4) is 0 Å². The zero-order valence-electron chi connectivity index (χ0n) is 11.9. The molecule has 1 unspecified atom stereocenters. The Morgan fingerprint density at radius 2 is 1.65 bits per heavy atom. The molecule has 2 rings (SSSR count). The number of nitrogens with two attached hydrogens (primary N) is 1. The lowest BCUT2D eigenvalue weighted by Crippen LogP contribution is -2.32. The molecule has 120 valence electrons. The van der Waals surface area contributed by atoms with Gasteiger partial charge in [0.05, 0.1) is 15.6 Å². The van der Waals surface area contributed by atoms with E-state index in [2.05, 4.69) is 11.8 Å². The number of aliphatic carboxylic acids is 1.